The largest absolute Gasteiger partial charge is 0.505 e. The first kappa shape index (κ1) is 17.2. The SMILES string of the molecule is COC(=O)c1ccc(C)c(NC(=O)C=Cc2csc(Br)c2)c1O. The van der Waals surface area contributed by atoms with E-state index in [0.29, 0.717) is 5.56 Å². The van der Waals surface area contributed by atoms with Gasteiger partial charge in [-0.05, 0) is 57.6 Å². The lowest BCUT2D eigenvalue weighted by Gasteiger charge is -2.11. The fourth-order valence-corrected chi connectivity index (χ4v) is 3.02. The van der Waals surface area contributed by atoms with Gasteiger partial charge in [0.2, 0.25) is 5.91 Å². The van der Waals surface area contributed by atoms with Crippen molar-refractivity contribution in [2.75, 3.05) is 12.4 Å². The highest BCUT2D eigenvalue weighted by Crippen LogP contribution is 2.31. The Hall–Kier alpha value is -2.12. The van der Waals surface area contributed by atoms with E-state index in [1.807, 2.05) is 11.4 Å². The second-order valence-corrected chi connectivity index (χ2v) is 6.94. The summed E-state index contributed by atoms with van der Waals surface area (Å²) >= 11 is 4.86. The van der Waals surface area contributed by atoms with Gasteiger partial charge in [0.05, 0.1) is 16.6 Å². The third kappa shape index (κ3) is 4.20. The van der Waals surface area contributed by atoms with E-state index in [-0.39, 0.29) is 17.0 Å². The average molecular weight is 396 g/mol. The summed E-state index contributed by atoms with van der Waals surface area (Å²) in [6, 6.07) is 4.96. The number of halogens is 1. The van der Waals surface area contributed by atoms with E-state index in [1.54, 1.807) is 19.1 Å². The topological polar surface area (TPSA) is 75.6 Å². The molecule has 1 amide bonds. The van der Waals surface area contributed by atoms with Crippen LogP contribution in [0.2, 0.25) is 0 Å². The van der Waals surface area contributed by atoms with E-state index in [0.717, 1.165) is 9.35 Å². The number of hydrogen-bond acceptors (Lipinski definition) is 5. The van der Waals surface area contributed by atoms with E-state index in [1.165, 1.54) is 30.6 Å². The van der Waals surface area contributed by atoms with E-state index in [4.69, 9.17) is 0 Å². The third-order valence-corrected chi connectivity index (χ3v) is 4.58. The van der Waals surface area contributed by atoms with E-state index in [9.17, 15) is 14.7 Å². The standard InChI is InChI=1S/C16H14BrNO4S/c1-9-3-5-11(16(21)22-2)15(20)14(9)18-13(19)6-4-10-7-12(17)23-8-10/h3-8,20H,1-2H3,(H,18,19). The molecular weight excluding hydrogens is 382 g/mol. The zero-order valence-corrected chi connectivity index (χ0v) is 14.8. The number of benzene rings is 1. The van der Waals surface area contributed by atoms with Gasteiger partial charge in [0, 0.05) is 6.08 Å². The van der Waals surface area contributed by atoms with Gasteiger partial charge in [-0.25, -0.2) is 4.79 Å². The van der Waals surface area contributed by atoms with E-state index < -0.39 is 11.9 Å². The molecule has 120 valence electrons. The number of hydrogen-bond donors (Lipinski definition) is 2. The van der Waals surface area contributed by atoms with Crippen molar-refractivity contribution in [1.29, 1.82) is 0 Å². The molecule has 7 heteroatoms. The fourth-order valence-electron chi connectivity index (χ4n) is 1.87. The first-order valence-corrected chi connectivity index (χ1v) is 8.23. The minimum Gasteiger partial charge on any atom is -0.505 e. The van der Waals surface area contributed by atoms with Gasteiger partial charge >= 0.3 is 5.97 Å². The Labute approximate surface area is 145 Å². The highest BCUT2D eigenvalue weighted by atomic mass is 79.9. The van der Waals surface area contributed by atoms with Crippen molar-refractivity contribution >= 4 is 50.9 Å². The van der Waals surface area contributed by atoms with Crippen LogP contribution in [-0.2, 0) is 9.53 Å². The van der Waals surface area contributed by atoms with Gasteiger partial charge in [-0.3, -0.25) is 4.79 Å². The molecule has 0 saturated heterocycles. The normalized spacial score (nSPS) is 10.7. The van der Waals surface area contributed by atoms with Crippen molar-refractivity contribution in [3.63, 3.8) is 0 Å². The van der Waals surface area contributed by atoms with Crippen LogP contribution in [-0.4, -0.2) is 24.1 Å². The number of ether oxygens (including phenoxy) is 1. The number of methoxy groups -OCH3 is 1. The molecule has 0 aliphatic carbocycles. The van der Waals surface area contributed by atoms with Crippen LogP contribution in [0.15, 0.2) is 33.4 Å². The molecule has 0 spiro atoms. The van der Waals surface area contributed by atoms with Crippen molar-refractivity contribution in [1.82, 2.24) is 0 Å². The Morgan fingerprint density at radius 2 is 2.13 bits per heavy atom. The number of carbonyl (C=O) groups is 2. The van der Waals surface area contributed by atoms with Crippen LogP contribution >= 0.6 is 27.3 Å². The second-order valence-electron chi connectivity index (χ2n) is 4.65. The molecule has 0 atom stereocenters. The number of amides is 1. The van der Waals surface area contributed by atoms with Crippen LogP contribution in [0.3, 0.4) is 0 Å². The van der Waals surface area contributed by atoms with Crippen LogP contribution < -0.4 is 5.32 Å². The molecule has 2 rings (SSSR count). The lowest BCUT2D eigenvalue weighted by atomic mass is 10.1. The Morgan fingerprint density at radius 3 is 2.74 bits per heavy atom. The van der Waals surface area contributed by atoms with Gasteiger partial charge in [0.1, 0.15) is 5.56 Å². The van der Waals surface area contributed by atoms with E-state index >= 15 is 0 Å². The van der Waals surface area contributed by atoms with Crippen molar-refractivity contribution in [2.24, 2.45) is 0 Å². The summed E-state index contributed by atoms with van der Waals surface area (Å²) in [5, 5.41) is 14.6. The van der Waals surface area contributed by atoms with Crippen LogP contribution in [0.4, 0.5) is 5.69 Å². The summed E-state index contributed by atoms with van der Waals surface area (Å²) in [4.78, 5) is 23.6. The average Bonchev–Trinajstić information content (AvgIpc) is 2.94. The quantitative estimate of drug-likeness (QED) is 0.466. The summed E-state index contributed by atoms with van der Waals surface area (Å²) in [6.07, 6.45) is 3.02. The molecule has 0 radical (unpaired) electrons. The predicted molar refractivity (Wildman–Crippen MR) is 93.9 cm³/mol. The Morgan fingerprint density at radius 1 is 1.39 bits per heavy atom. The highest BCUT2D eigenvalue weighted by Gasteiger charge is 2.17. The number of aromatic hydroxyl groups is 1. The molecular formula is C16H14BrNO4S. The lowest BCUT2D eigenvalue weighted by Crippen LogP contribution is -2.11. The van der Waals surface area contributed by atoms with E-state index in [2.05, 4.69) is 26.0 Å². The number of anilines is 1. The van der Waals surface area contributed by atoms with Crippen molar-refractivity contribution < 1.29 is 19.4 Å². The molecule has 0 saturated carbocycles. The Kier molecular flexibility index (Phi) is 5.57. The Bertz CT molecular complexity index is 782. The zero-order valence-electron chi connectivity index (χ0n) is 12.4. The maximum Gasteiger partial charge on any atom is 0.341 e. The maximum atomic E-state index is 12.0. The maximum absolute atomic E-state index is 12.0. The minimum absolute atomic E-state index is 0.000792. The first-order chi connectivity index (χ1) is 10.9. The van der Waals surface area contributed by atoms with Gasteiger partial charge in [-0.15, -0.1) is 11.3 Å². The number of thiophene rings is 1. The van der Waals surface area contributed by atoms with Crippen molar-refractivity contribution in [3.8, 4) is 5.75 Å². The molecule has 5 nitrogen and oxygen atoms in total. The molecule has 0 aliphatic heterocycles. The second kappa shape index (κ2) is 7.43. The summed E-state index contributed by atoms with van der Waals surface area (Å²) in [5.74, 6) is -1.39. The molecule has 0 bridgehead atoms. The first-order valence-electron chi connectivity index (χ1n) is 6.56. The van der Waals surface area contributed by atoms with Gasteiger partial charge in [-0.2, -0.15) is 0 Å². The molecule has 23 heavy (non-hydrogen) atoms. The number of phenolic OH excluding ortho intramolecular Hbond substituents is 1. The predicted octanol–water partition coefficient (Wildman–Crippen LogP) is 3.96. The smallest absolute Gasteiger partial charge is 0.341 e. The fraction of sp³-hybridized carbons (Fsp3) is 0.125. The van der Waals surface area contributed by atoms with Crippen molar-refractivity contribution in [3.05, 3.63) is 50.1 Å². The molecule has 2 N–H and O–H groups in total. The minimum atomic E-state index is -0.670. The summed E-state index contributed by atoms with van der Waals surface area (Å²) in [7, 11) is 1.22. The molecule has 0 unspecified atom stereocenters. The number of nitrogens with one attached hydrogen (secondary N) is 1. The number of phenols is 1. The summed E-state index contributed by atoms with van der Waals surface area (Å²) in [6.45, 7) is 1.72. The molecule has 1 aromatic carbocycles. The summed E-state index contributed by atoms with van der Waals surface area (Å²) in [5.41, 5.74) is 1.71. The molecule has 0 fully saturated rings. The third-order valence-electron chi connectivity index (χ3n) is 3.05. The van der Waals surface area contributed by atoms with Crippen LogP contribution in [0.1, 0.15) is 21.5 Å². The number of esters is 1. The monoisotopic (exact) mass is 395 g/mol. The zero-order chi connectivity index (χ0) is 17.0. The highest BCUT2D eigenvalue weighted by molar-refractivity contribution is 9.11. The van der Waals surface area contributed by atoms with Crippen LogP contribution in [0.25, 0.3) is 6.08 Å². The lowest BCUT2D eigenvalue weighted by molar-refractivity contribution is -0.111. The van der Waals surface area contributed by atoms with Crippen molar-refractivity contribution in [2.45, 2.75) is 6.92 Å². The van der Waals surface area contributed by atoms with Gasteiger partial charge < -0.3 is 15.2 Å². The molecule has 0 aliphatic rings. The van der Waals surface area contributed by atoms with Crippen LogP contribution in [0, 0.1) is 6.92 Å². The molecule has 2 aromatic rings. The number of carbonyl (C=O) groups excluding carboxylic acids is 2. The Balaban J connectivity index is 2.20. The summed E-state index contributed by atoms with van der Waals surface area (Å²) < 4.78 is 5.56. The molecule has 1 aromatic heterocycles. The molecule has 1 heterocycles. The van der Waals surface area contributed by atoms with Gasteiger partial charge in [-0.1, -0.05) is 6.07 Å². The van der Waals surface area contributed by atoms with Gasteiger partial charge in [0.15, 0.2) is 5.75 Å². The van der Waals surface area contributed by atoms with Gasteiger partial charge in [0.25, 0.3) is 0 Å². The van der Waals surface area contributed by atoms with Crippen LogP contribution in [0.5, 0.6) is 5.75 Å². The number of aryl methyl sites for hydroxylation is 1. The number of rotatable bonds is 4.